The third-order valence-corrected chi connectivity index (χ3v) is 7.45. The van der Waals surface area contributed by atoms with Crippen LogP contribution in [0.15, 0.2) is 62.1 Å². The van der Waals surface area contributed by atoms with E-state index in [9.17, 15) is 14.7 Å². The molecule has 13 heteroatoms. The highest BCUT2D eigenvalue weighted by Gasteiger charge is 2.22. The van der Waals surface area contributed by atoms with Gasteiger partial charge in [-0.1, -0.05) is 23.9 Å². The minimum Gasteiger partial charge on any atom is -0.507 e. The molecule has 11 nitrogen and oxygen atoms in total. The van der Waals surface area contributed by atoms with Crippen molar-refractivity contribution in [3.63, 3.8) is 0 Å². The van der Waals surface area contributed by atoms with E-state index in [4.69, 9.17) is 4.42 Å². The Bertz CT molecular complexity index is 1630. The van der Waals surface area contributed by atoms with Gasteiger partial charge in [0.05, 0.1) is 23.2 Å². The number of thioether (sulfide) groups is 1. The Kier molecular flexibility index (Phi) is 8.12. The standard InChI is InChI=1S/C27H28FN7O4S/c1-3-34-15-19(25(38)18-12-20(28)22(13-21(18)34)35-10-8-33(2)9-11-35)26-31-32-27(39-26)40-16-24(37)30-29-14-17-6-4-5-7-23(17)36/h4-7,12-15,36H,3,8-11,16H2,1-2H3,(H,30,37)/b29-14+. The average molecular weight is 566 g/mol. The Balaban J connectivity index is 1.32. The number of nitrogens with one attached hydrogen (secondary N) is 1. The third kappa shape index (κ3) is 5.84. The van der Waals surface area contributed by atoms with Crippen LogP contribution < -0.4 is 15.8 Å². The fourth-order valence-corrected chi connectivity index (χ4v) is 4.97. The molecule has 1 amide bonds. The van der Waals surface area contributed by atoms with Gasteiger partial charge >= 0.3 is 0 Å². The molecule has 2 aromatic carbocycles. The van der Waals surface area contributed by atoms with Crippen molar-refractivity contribution in [2.75, 3.05) is 43.9 Å². The molecule has 4 aromatic rings. The molecule has 208 valence electrons. The van der Waals surface area contributed by atoms with Gasteiger partial charge in [-0.2, -0.15) is 5.10 Å². The lowest BCUT2D eigenvalue weighted by molar-refractivity contribution is -0.118. The Hall–Kier alpha value is -4.23. The summed E-state index contributed by atoms with van der Waals surface area (Å²) in [6, 6.07) is 9.60. The van der Waals surface area contributed by atoms with Gasteiger partial charge in [0.2, 0.25) is 5.43 Å². The number of phenols is 1. The van der Waals surface area contributed by atoms with Crippen LogP contribution in [-0.2, 0) is 11.3 Å². The van der Waals surface area contributed by atoms with E-state index in [0.717, 1.165) is 24.9 Å². The van der Waals surface area contributed by atoms with E-state index in [1.807, 2.05) is 23.4 Å². The number of hydrogen-bond donors (Lipinski definition) is 2. The predicted molar refractivity (Wildman–Crippen MR) is 151 cm³/mol. The van der Waals surface area contributed by atoms with Gasteiger partial charge in [0, 0.05) is 49.9 Å². The summed E-state index contributed by atoms with van der Waals surface area (Å²) in [5.74, 6) is -0.925. The second kappa shape index (κ2) is 11.9. The summed E-state index contributed by atoms with van der Waals surface area (Å²) >= 11 is 0.980. The molecule has 0 saturated carbocycles. The summed E-state index contributed by atoms with van der Waals surface area (Å²) in [5.41, 5.74) is 3.66. The number of carbonyl (C=O) groups is 1. The van der Waals surface area contributed by atoms with E-state index in [0.29, 0.717) is 36.4 Å². The number of pyridine rings is 1. The molecule has 40 heavy (non-hydrogen) atoms. The van der Waals surface area contributed by atoms with Crippen LogP contribution in [0.5, 0.6) is 5.75 Å². The van der Waals surface area contributed by atoms with Crippen LogP contribution in [0.4, 0.5) is 10.1 Å². The molecule has 1 aliphatic rings. The van der Waals surface area contributed by atoms with Crippen molar-refractivity contribution in [3.8, 4) is 17.2 Å². The second-order valence-corrected chi connectivity index (χ2v) is 10.2. The first-order chi connectivity index (χ1) is 19.3. The van der Waals surface area contributed by atoms with Crippen molar-refractivity contribution in [1.82, 2.24) is 25.1 Å². The highest BCUT2D eigenvalue weighted by molar-refractivity contribution is 7.99. The van der Waals surface area contributed by atoms with E-state index in [1.165, 1.54) is 18.3 Å². The number of rotatable bonds is 8. The van der Waals surface area contributed by atoms with Crippen LogP contribution in [0.1, 0.15) is 12.5 Å². The lowest BCUT2D eigenvalue weighted by Crippen LogP contribution is -2.44. The van der Waals surface area contributed by atoms with Crippen molar-refractivity contribution in [3.05, 3.63) is 64.2 Å². The van der Waals surface area contributed by atoms with Gasteiger partial charge in [0.25, 0.3) is 17.0 Å². The van der Waals surface area contributed by atoms with Crippen LogP contribution in [0.3, 0.4) is 0 Å². The van der Waals surface area contributed by atoms with Crippen molar-refractivity contribution in [1.29, 1.82) is 0 Å². The fraction of sp³-hybridized carbons (Fsp3) is 0.296. The van der Waals surface area contributed by atoms with Gasteiger partial charge in [-0.15, -0.1) is 10.2 Å². The monoisotopic (exact) mass is 565 g/mol. The van der Waals surface area contributed by atoms with Crippen molar-refractivity contribution in [2.24, 2.45) is 5.10 Å². The normalized spacial score (nSPS) is 14.3. The van der Waals surface area contributed by atoms with E-state index >= 15 is 4.39 Å². The van der Waals surface area contributed by atoms with Gasteiger partial charge < -0.3 is 23.9 Å². The minimum atomic E-state index is -0.452. The topological polar surface area (TPSA) is 129 Å². The number of fused-ring (bicyclic) bond motifs is 1. The van der Waals surface area contributed by atoms with Gasteiger partial charge in [-0.3, -0.25) is 9.59 Å². The molecule has 2 aromatic heterocycles. The SMILES string of the molecule is CCn1cc(-c2nnc(SCC(=O)N/N=C/c3ccccc3O)o2)c(=O)c2cc(F)c(N3CCN(C)CC3)cc21. The van der Waals surface area contributed by atoms with Gasteiger partial charge in [0.1, 0.15) is 17.1 Å². The molecule has 1 aliphatic heterocycles. The first-order valence-electron chi connectivity index (χ1n) is 12.7. The van der Waals surface area contributed by atoms with Gasteiger partial charge in [-0.05, 0) is 38.2 Å². The number of aryl methyl sites for hydroxylation is 1. The van der Waals surface area contributed by atoms with E-state index < -0.39 is 17.2 Å². The quantitative estimate of drug-likeness (QED) is 0.188. The number of halogens is 1. The fourth-order valence-electron chi connectivity index (χ4n) is 4.41. The lowest BCUT2D eigenvalue weighted by atomic mass is 10.1. The maximum Gasteiger partial charge on any atom is 0.277 e. The zero-order chi connectivity index (χ0) is 28.2. The Morgan fingerprint density at radius 2 is 2.00 bits per heavy atom. The molecule has 5 rings (SSSR count). The number of likely N-dealkylation sites (N-methyl/N-ethyl adjacent to an activating group) is 1. The third-order valence-electron chi connectivity index (χ3n) is 6.63. The highest BCUT2D eigenvalue weighted by Crippen LogP contribution is 2.28. The molecule has 0 spiro atoms. The van der Waals surface area contributed by atoms with Gasteiger partial charge in [0.15, 0.2) is 0 Å². The van der Waals surface area contributed by atoms with Crippen LogP contribution in [-0.4, -0.2) is 75.9 Å². The number of piperazine rings is 1. The molecular formula is C27H28FN7O4S. The van der Waals surface area contributed by atoms with Gasteiger partial charge in [-0.25, -0.2) is 9.82 Å². The minimum absolute atomic E-state index is 0.0156. The summed E-state index contributed by atoms with van der Waals surface area (Å²) in [6.45, 7) is 5.55. The largest absolute Gasteiger partial charge is 0.507 e. The summed E-state index contributed by atoms with van der Waals surface area (Å²) in [7, 11) is 2.04. The Labute approximate surface area is 233 Å². The van der Waals surface area contributed by atoms with Crippen LogP contribution in [0, 0.1) is 5.82 Å². The van der Waals surface area contributed by atoms with Crippen LogP contribution in [0.2, 0.25) is 0 Å². The number of aromatic hydroxyl groups is 1. The second-order valence-electron chi connectivity index (χ2n) is 9.28. The molecule has 3 heterocycles. The number of aromatic nitrogens is 3. The van der Waals surface area contributed by atoms with E-state index in [1.54, 1.807) is 30.5 Å². The Morgan fingerprint density at radius 3 is 2.75 bits per heavy atom. The number of para-hydroxylation sites is 1. The van der Waals surface area contributed by atoms with Crippen molar-refractivity contribution < 1.29 is 18.7 Å². The number of hydrazone groups is 1. The number of carbonyl (C=O) groups excluding carboxylic acids is 1. The highest BCUT2D eigenvalue weighted by atomic mass is 32.2. The summed E-state index contributed by atoms with van der Waals surface area (Å²) in [5, 5.41) is 21.8. The van der Waals surface area contributed by atoms with E-state index in [2.05, 4.69) is 25.6 Å². The molecule has 0 atom stereocenters. The van der Waals surface area contributed by atoms with E-state index in [-0.39, 0.29) is 33.6 Å². The number of phenolic OH excluding ortho intramolecular Hbond substituents is 1. The average Bonchev–Trinajstić information content (AvgIpc) is 3.42. The summed E-state index contributed by atoms with van der Waals surface area (Å²) < 4.78 is 22.7. The van der Waals surface area contributed by atoms with Crippen molar-refractivity contribution in [2.45, 2.75) is 18.7 Å². The number of benzene rings is 2. The molecule has 0 radical (unpaired) electrons. The first kappa shape index (κ1) is 27.3. The lowest BCUT2D eigenvalue weighted by Gasteiger charge is -2.34. The molecule has 1 saturated heterocycles. The maximum absolute atomic E-state index is 15.2. The summed E-state index contributed by atoms with van der Waals surface area (Å²) in [6.07, 6.45) is 2.97. The zero-order valence-electron chi connectivity index (χ0n) is 22.0. The maximum atomic E-state index is 15.2. The molecule has 0 unspecified atom stereocenters. The molecule has 0 aliphatic carbocycles. The Morgan fingerprint density at radius 1 is 1.23 bits per heavy atom. The number of nitrogens with zero attached hydrogens (tertiary/aromatic N) is 6. The summed E-state index contributed by atoms with van der Waals surface area (Å²) in [4.78, 5) is 29.7. The van der Waals surface area contributed by atoms with Crippen LogP contribution in [0.25, 0.3) is 22.4 Å². The number of amides is 1. The molecule has 0 bridgehead atoms. The molecular weight excluding hydrogens is 537 g/mol. The zero-order valence-corrected chi connectivity index (χ0v) is 22.8. The van der Waals surface area contributed by atoms with Crippen LogP contribution >= 0.6 is 11.8 Å². The molecule has 1 fully saturated rings. The predicted octanol–water partition coefficient (Wildman–Crippen LogP) is 2.91. The first-order valence-corrected chi connectivity index (χ1v) is 13.7. The van der Waals surface area contributed by atoms with Crippen molar-refractivity contribution >= 4 is 40.5 Å². The number of hydrogen-bond acceptors (Lipinski definition) is 10. The number of anilines is 1. The molecule has 2 N–H and O–H groups in total. The smallest absolute Gasteiger partial charge is 0.277 e.